The first-order valence-electron chi connectivity index (χ1n) is 8.91. The van der Waals surface area contributed by atoms with Crippen LogP contribution >= 0.6 is 0 Å². The predicted molar refractivity (Wildman–Crippen MR) is 104 cm³/mol. The molecule has 1 amide bonds. The van der Waals surface area contributed by atoms with Gasteiger partial charge in [-0.2, -0.15) is 0 Å². The van der Waals surface area contributed by atoms with Gasteiger partial charge in [-0.25, -0.2) is 9.78 Å². The number of nitrogens with one attached hydrogen (secondary N) is 2. The summed E-state index contributed by atoms with van der Waals surface area (Å²) < 4.78 is 6.73. The summed E-state index contributed by atoms with van der Waals surface area (Å²) in [6.07, 6.45) is 3.40. The van der Waals surface area contributed by atoms with Gasteiger partial charge >= 0.3 is 6.09 Å². The van der Waals surface area contributed by atoms with E-state index in [0.29, 0.717) is 18.0 Å². The molecule has 2 N–H and O–H groups in total. The molecule has 3 rings (SSSR count). The van der Waals surface area contributed by atoms with Crippen LogP contribution in [-0.4, -0.2) is 38.3 Å². The summed E-state index contributed by atoms with van der Waals surface area (Å²) in [7, 11) is 0. The first kappa shape index (κ1) is 18.6. The van der Waals surface area contributed by atoms with Gasteiger partial charge in [0.2, 0.25) is 11.6 Å². The zero-order chi connectivity index (χ0) is 19.4. The van der Waals surface area contributed by atoms with Crippen LogP contribution in [0, 0.1) is 13.8 Å². The Morgan fingerprint density at radius 3 is 2.78 bits per heavy atom. The lowest BCUT2D eigenvalue weighted by atomic mass is 10.0. The largest absolute Gasteiger partial charge is 0.447 e. The van der Waals surface area contributed by atoms with E-state index in [9.17, 15) is 4.79 Å². The minimum absolute atomic E-state index is 0.214. The van der Waals surface area contributed by atoms with E-state index >= 15 is 0 Å². The SMILES string of the molecule is Cc1ccc(CCNc2nccn3c(NC(=O)OC(C)C)nnc23)cc1C. The summed E-state index contributed by atoms with van der Waals surface area (Å²) in [6, 6.07) is 6.47. The number of aryl methyl sites for hydroxylation is 2. The molecule has 0 saturated carbocycles. The van der Waals surface area contributed by atoms with Crippen molar-refractivity contribution in [2.75, 3.05) is 17.2 Å². The number of carbonyl (C=O) groups excluding carboxylic acids is 1. The second kappa shape index (κ2) is 8.03. The maximum absolute atomic E-state index is 11.8. The Morgan fingerprint density at radius 1 is 1.22 bits per heavy atom. The molecular weight excluding hydrogens is 344 g/mol. The lowest BCUT2D eigenvalue weighted by Crippen LogP contribution is -2.19. The monoisotopic (exact) mass is 368 g/mol. The molecule has 0 spiro atoms. The summed E-state index contributed by atoms with van der Waals surface area (Å²) in [6.45, 7) is 8.49. The highest BCUT2D eigenvalue weighted by atomic mass is 16.6. The van der Waals surface area contributed by atoms with Gasteiger partial charge in [-0.1, -0.05) is 18.2 Å². The van der Waals surface area contributed by atoms with Crippen LogP contribution in [0.5, 0.6) is 0 Å². The fourth-order valence-corrected chi connectivity index (χ4v) is 2.66. The Morgan fingerprint density at radius 2 is 2.04 bits per heavy atom. The number of ether oxygens (including phenoxy) is 1. The third-order valence-corrected chi connectivity index (χ3v) is 4.16. The lowest BCUT2D eigenvalue weighted by Gasteiger charge is -2.09. The van der Waals surface area contributed by atoms with E-state index in [1.165, 1.54) is 16.7 Å². The molecule has 142 valence electrons. The summed E-state index contributed by atoms with van der Waals surface area (Å²) >= 11 is 0. The molecule has 2 aromatic heterocycles. The Hall–Kier alpha value is -3.16. The van der Waals surface area contributed by atoms with Gasteiger partial charge in [0.15, 0.2) is 5.82 Å². The standard InChI is InChI=1S/C19H24N6O2/c1-12(2)27-19(26)22-18-24-23-17-16(21-9-10-25(17)18)20-8-7-15-6-5-13(3)14(4)11-15/h5-6,9-12H,7-8H2,1-4H3,(H,20,21)(H,22,24,26). The summed E-state index contributed by atoms with van der Waals surface area (Å²) in [4.78, 5) is 16.1. The van der Waals surface area contributed by atoms with E-state index in [2.05, 4.69) is 57.9 Å². The van der Waals surface area contributed by atoms with Gasteiger partial charge in [-0.3, -0.25) is 9.72 Å². The molecule has 27 heavy (non-hydrogen) atoms. The zero-order valence-electron chi connectivity index (χ0n) is 16.0. The number of hydrogen-bond acceptors (Lipinski definition) is 6. The third kappa shape index (κ3) is 4.52. The van der Waals surface area contributed by atoms with Crippen molar-refractivity contribution < 1.29 is 9.53 Å². The van der Waals surface area contributed by atoms with Crippen LogP contribution < -0.4 is 10.6 Å². The number of aromatic nitrogens is 4. The van der Waals surface area contributed by atoms with Crippen LogP contribution in [0.3, 0.4) is 0 Å². The molecule has 0 bridgehead atoms. The van der Waals surface area contributed by atoms with Gasteiger partial charge in [0.1, 0.15) is 0 Å². The number of carbonyl (C=O) groups is 1. The first-order valence-corrected chi connectivity index (χ1v) is 8.91. The number of amides is 1. The van der Waals surface area contributed by atoms with Crippen molar-refractivity contribution in [1.29, 1.82) is 0 Å². The molecule has 0 radical (unpaired) electrons. The van der Waals surface area contributed by atoms with Crippen LogP contribution in [0.25, 0.3) is 5.65 Å². The van der Waals surface area contributed by atoms with Gasteiger partial charge in [-0.05, 0) is 50.8 Å². The number of fused-ring (bicyclic) bond motifs is 1. The van der Waals surface area contributed by atoms with Gasteiger partial charge in [0.05, 0.1) is 6.10 Å². The Balaban J connectivity index is 1.68. The van der Waals surface area contributed by atoms with Crippen molar-refractivity contribution in [3.05, 3.63) is 47.3 Å². The van der Waals surface area contributed by atoms with E-state index in [4.69, 9.17) is 4.74 Å². The molecule has 0 aliphatic carbocycles. The average Bonchev–Trinajstić information content (AvgIpc) is 3.01. The van der Waals surface area contributed by atoms with Crippen molar-refractivity contribution >= 4 is 23.5 Å². The number of nitrogens with zero attached hydrogens (tertiary/aromatic N) is 4. The number of benzene rings is 1. The average molecular weight is 368 g/mol. The first-order chi connectivity index (χ1) is 12.9. The molecule has 0 aliphatic heterocycles. The number of anilines is 2. The van der Waals surface area contributed by atoms with Crippen molar-refractivity contribution in [2.24, 2.45) is 0 Å². The van der Waals surface area contributed by atoms with Crippen molar-refractivity contribution in [2.45, 2.75) is 40.2 Å². The molecule has 1 aromatic carbocycles. The minimum atomic E-state index is -0.569. The molecule has 8 heteroatoms. The highest BCUT2D eigenvalue weighted by Crippen LogP contribution is 2.16. The molecule has 0 fully saturated rings. The topological polar surface area (TPSA) is 93.4 Å². The van der Waals surface area contributed by atoms with Crippen LogP contribution in [0.1, 0.15) is 30.5 Å². The van der Waals surface area contributed by atoms with Gasteiger partial charge in [0.25, 0.3) is 0 Å². The molecule has 0 aliphatic rings. The molecule has 0 atom stereocenters. The molecular formula is C19H24N6O2. The maximum Gasteiger partial charge on any atom is 0.414 e. The zero-order valence-corrected chi connectivity index (χ0v) is 16.0. The summed E-state index contributed by atoms with van der Waals surface area (Å²) in [5, 5.41) is 14.0. The fraction of sp³-hybridized carbons (Fsp3) is 0.368. The lowest BCUT2D eigenvalue weighted by molar-refractivity contribution is 0.129. The minimum Gasteiger partial charge on any atom is -0.447 e. The predicted octanol–water partition coefficient (Wildman–Crippen LogP) is 3.35. The van der Waals surface area contributed by atoms with E-state index in [0.717, 1.165) is 6.42 Å². The highest BCUT2D eigenvalue weighted by Gasteiger charge is 2.14. The Labute approximate surface area is 158 Å². The van der Waals surface area contributed by atoms with Crippen LogP contribution in [-0.2, 0) is 11.2 Å². The molecule has 2 heterocycles. The van der Waals surface area contributed by atoms with E-state index in [1.807, 2.05) is 0 Å². The van der Waals surface area contributed by atoms with Crippen LogP contribution in [0.2, 0.25) is 0 Å². The normalized spacial score (nSPS) is 11.0. The third-order valence-electron chi connectivity index (χ3n) is 4.16. The quantitative estimate of drug-likeness (QED) is 0.693. The summed E-state index contributed by atoms with van der Waals surface area (Å²) in [5.74, 6) is 0.898. The maximum atomic E-state index is 11.8. The molecule has 3 aromatic rings. The van der Waals surface area contributed by atoms with Crippen molar-refractivity contribution in [3.8, 4) is 0 Å². The molecule has 0 unspecified atom stereocenters. The Bertz CT molecular complexity index is 951. The van der Waals surface area contributed by atoms with Crippen molar-refractivity contribution in [1.82, 2.24) is 19.6 Å². The van der Waals surface area contributed by atoms with Crippen LogP contribution in [0.4, 0.5) is 16.6 Å². The van der Waals surface area contributed by atoms with E-state index in [1.54, 1.807) is 30.6 Å². The van der Waals surface area contributed by atoms with Gasteiger partial charge < -0.3 is 10.1 Å². The van der Waals surface area contributed by atoms with Gasteiger partial charge in [0, 0.05) is 18.9 Å². The Kier molecular flexibility index (Phi) is 5.54. The highest BCUT2D eigenvalue weighted by molar-refractivity contribution is 5.83. The smallest absolute Gasteiger partial charge is 0.414 e. The second-order valence-electron chi connectivity index (χ2n) is 6.67. The van der Waals surface area contributed by atoms with E-state index in [-0.39, 0.29) is 12.1 Å². The number of rotatable bonds is 6. The molecule has 8 nitrogen and oxygen atoms in total. The molecule has 0 saturated heterocycles. The van der Waals surface area contributed by atoms with Crippen molar-refractivity contribution in [3.63, 3.8) is 0 Å². The summed E-state index contributed by atoms with van der Waals surface area (Å²) in [5.41, 5.74) is 4.38. The fourth-order valence-electron chi connectivity index (χ4n) is 2.66. The second-order valence-corrected chi connectivity index (χ2v) is 6.67. The van der Waals surface area contributed by atoms with Gasteiger partial charge in [-0.15, -0.1) is 10.2 Å². The van der Waals surface area contributed by atoms with Crippen LogP contribution in [0.15, 0.2) is 30.6 Å². The van der Waals surface area contributed by atoms with E-state index < -0.39 is 6.09 Å². The number of hydrogen-bond donors (Lipinski definition) is 2.